The van der Waals surface area contributed by atoms with E-state index in [1.807, 2.05) is 0 Å². The average molecular weight is 154 g/mol. The van der Waals surface area contributed by atoms with Crippen molar-refractivity contribution in [2.24, 2.45) is 0 Å². The van der Waals surface area contributed by atoms with Crippen LogP contribution in [0.2, 0.25) is 0 Å². The minimum absolute atomic E-state index is 0. The number of rotatable bonds is 1. The molecule has 1 atom stereocenters. The van der Waals surface area contributed by atoms with Gasteiger partial charge in [0, 0.05) is 0 Å². The van der Waals surface area contributed by atoms with E-state index in [0.717, 1.165) is 0 Å². The van der Waals surface area contributed by atoms with Gasteiger partial charge >= 0.3 is 29.6 Å². The quantitative estimate of drug-likeness (QED) is 0.298. The van der Waals surface area contributed by atoms with Crippen molar-refractivity contribution in [1.82, 2.24) is 0 Å². The van der Waals surface area contributed by atoms with Crippen molar-refractivity contribution in [3.8, 4) is 0 Å². The molecule has 0 radical (unpaired) electrons. The summed E-state index contributed by atoms with van der Waals surface area (Å²) in [5.74, 6) is -0.917. The summed E-state index contributed by atoms with van der Waals surface area (Å²) in [4.78, 5) is 0. The van der Waals surface area contributed by atoms with Gasteiger partial charge in [-0.25, -0.2) is 4.21 Å². The van der Waals surface area contributed by atoms with E-state index in [-0.39, 0.29) is 40.5 Å². The Balaban J connectivity index is -0.0000000267. The van der Waals surface area contributed by atoms with Gasteiger partial charge < -0.3 is 20.6 Å². The second-order valence-corrected chi connectivity index (χ2v) is 1.32. The minimum Gasteiger partial charge on any atom is -0.843 e. The van der Waals surface area contributed by atoms with Crippen molar-refractivity contribution in [2.45, 2.75) is 0 Å². The maximum Gasteiger partial charge on any atom is 1.00 e. The molecule has 0 amide bonds. The second kappa shape index (κ2) is 15.7. The predicted octanol–water partition coefficient (Wildman–Crippen LogP) is -6.12. The SMILES string of the molecule is O.O.O=S(O)C[O-].[Na+]. The molecular formula is CH7NaO5S. The molecule has 0 heterocycles. The smallest absolute Gasteiger partial charge is 0.843 e. The summed E-state index contributed by atoms with van der Waals surface area (Å²) in [5, 5.41) is 9.08. The van der Waals surface area contributed by atoms with Crippen LogP contribution in [0.15, 0.2) is 0 Å². The molecule has 0 aliphatic carbocycles. The van der Waals surface area contributed by atoms with E-state index in [9.17, 15) is 0 Å². The molecule has 48 valence electrons. The molecule has 0 aromatic carbocycles. The van der Waals surface area contributed by atoms with Gasteiger partial charge in [0.2, 0.25) is 0 Å². The van der Waals surface area contributed by atoms with Crippen LogP contribution in [0.3, 0.4) is 0 Å². The van der Waals surface area contributed by atoms with Crippen LogP contribution in [0.4, 0.5) is 0 Å². The van der Waals surface area contributed by atoms with Gasteiger partial charge in [-0.05, 0) is 5.94 Å². The first-order chi connectivity index (χ1) is 2.27. The van der Waals surface area contributed by atoms with Crippen LogP contribution in [0.5, 0.6) is 0 Å². The zero-order valence-corrected chi connectivity index (χ0v) is 7.20. The topological polar surface area (TPSA) is 123 Å². The van der Waals surface area contributed by atoms with E-state index in [1.165, 1.54) is 0 Å². The molecule has 0 bridgehead atoms. The van der Waals surface area contributed by atoms with E-state index >= 15 is 0 Å². The molecule has 0 saturated heterocycles. The molecule has 0 spiro atoms. The van der Waals surface area contributed by atoms with Crippen LogP contribution in [-0.2, 0) is 11.1 Å². The molecule has 0 aliphatic rings. The fourth-order valence-electron chi connectivity index (χ4n) is 0. The van der Waals surface area contributed by atoms with E-state index in [0.29, 0.717) is 0 Å². The van der Waals surface area contributed by atoms with Gasteiger partial charge in [-0.2, -0.15) is 0 Å². The largest absolute Gasteiger partial charge is 1.00 e. The van der Waals surface area contributed by atoms with Crippen LogP contribution in [0, 0.1) is 0 Å². The Labute approximate surface area is 71.3 Å². The molecule has 0 aromatic rings. The van der Waals surface area contributed by atoms with Gasteiger partial charge in [-0.15, -0.1) is 0 Å². The summed E-state index contributed by atoms with van der Waals surface area (Å²) >= 11 is -2.13. The Kier molecular flexibility index (Phi) is 45.2. The fraction of sp³-hybridized carbons (Fsp3) is 1.00. The Bertz CT molecular complexity index is 47.7. The Morgan fingerprint density at radius 1 is 1.50 bits per heavy atom. The summed E-state index contributed by atoms with van der Waals surface area (Å²) in [6.07, 6.45) is 0. The maximum absolute atomic E-state index is 9.17. The summed E-state index contributed by atoms with van der Waals surface area (Å²) in [7, 11) is 0. The first-order valence-corrected chi connectivity index (χ1v) is 2.20. The number of hydrogen-bond donors (Lipinski definition) is 1. The van der Waals surface area contributed by atoms with Crippen LogP contribution in [0.25, 0.3) is 0 Å². The van der Waals surface area contributed by atoms with Crippen LogP contribution in [-0.4, -0.2) is 25.7 Å². The molecule has 1 unspecified atom stereocenters. The molecule has 0 rings (SSSR count). The molecule has 0 aliphatic heterocycles. The first-order valence-electron chi connectivity index (χ1n) is 0.927. The van der Waals surface area contributed by atoms with Crippen LogP contribution < -0.4 is 34.7 Å². The third-order valence-electron chi connectivity index (χ3n) is 0.101. The molecule has 0 saturated carbocycles. The maximum atomic E-state index is 9.17. The standard InChI is InChI=1S/CH3O3S.Na.2H2O/c2-1-5(3)4;;;/h1H2,(H,3,4);;2*1H2/q-1;+1;;. The first kappa shape index (κ1) is 23.0. The predicted molar refractivity (Wildman–Crippen MR) is 22.9 cm³/mol. The van der Waals surface area contributed by atoms with Crippen molar-refractivity contribution < 1.29 is 54.4 Å². The van der Waals surface area contributed by atoms with Crippen molar-refractivity contribution in [3.05, 3.63) is 0 Å². The van der Waals surface area contributed by atoms with Gasteiger partial charge in [0.1, 0.15) is 11.1 Å². The molecule has 5 N–H and O–H groups in total. The van der Waals surface area contributed by atoms with Crippen molar-refractivity contribution >= 4 is 11.1 Å². The van der Waals surface area contributed by atoms with Gasteiger partial charge in [0.05, 0.1) is 0 Å². The Hall–Kier alpha value is 0.990. The van der Waals surface area contributed by atoms with E-state index < -0.39 is 17.0 Å². The summed E-state index contributed by atoms with van der Waals surface area (Å²) in [5.41, 5.74) is 0. The van der Waals surface area contributed by atoms with Gasteiger partial charge in [0.25, 0.3) is 0 Å². The zero-order chi connectivity index (χ0) is 4.28. The Morgan fingerprint density at radius 3 is 1.62 bits per heavy atom. The third kappa shape index (κ3) is 28.1. The molecule has 7 heteroatoms. The van der Waals surface area contributed by atoms with Gasteiger partial charge in [0.15, 0.2) is 0 Å². The molecule has 5 nitrogen and oxygen atoms in total. The van der Waals surface area contributed by atoms with E-state index in [1.54, 1.807) is 0 Å². The van der Waals surface area contributed by atoms with Crippen molar-refractivity contribution in [3.63, 3.8) is 0 Å². The van der Waals surface area contributed by atoms with Gasteiger partial charge in [-0.3, -0.25) is 0 Å². The minimum atomic E-state index is -2.13. The molecular weight excluding hydrogens is 147 g/mol. The van der Waals surface area contributed by atoms with Crippen LogP contribution >= 0.6 is 0 Å². The number of hydrogen-bond acceptors (Lipinski definition) is 2. The normalized spacial score (nSPS) is 9.25. The van der Waals surface area contributed by atoms with E-state index in [2.05, 4.69) is 0 Å². The molecule has 0 aromatic heterocycles. The second-order valence-electron chi connectivity index (χ2n) is 0.439. The Morgan fingerprint density at radius 2 is 1.62 bits per heavy atom. The summed E-state index contributed by atoms with van der Waals surface area (Å²) in [6, 6.07) is 0. The zero-order valence-electron chi connectivity index (χ0n) is 4.38. The summed E-state index contributed by atoms with van der Waals surface area (Å²) < 4.78 is 16.7. The third-order valence-corrected chi connectivity index (χ3v) is 0.302. The van der Waals surface area contributed by atoms with Crippen molar-refractivity contribution in [2.75, 3.05) is 5.94 Å². The average Bonchev–Trinajstić information content (AvgIpc) is 1.38. The van der Waals surface area contributed by atoms with Crippen molar-refractivity contribution in [1.29, 1.82) is 0 Å². The summed E-state index contributed by atoms with van der Waals surface area (Å²) in [6.45, 7) is 0. The fourth-order valence-corrected chi connectivity index (χ4v) is 0. The van der Waals surface area contributed by atoms with Gasteiger partial charge in [-0.1, -0.05) is 0 Å². The van der Waals surface area contributed by atoms with E-state index in [4.69, 9.17) is 13.9 Å². The van der Waals surface area contributed by atoms with Crippen LogP contribution in [0.1, 0.15) is 0 Å². The molecule has 8 heavy (non-hydrogen) atoms. The molecule has 0 fully saturated rings. The monoisotopic (exact) mass is 154 g/mol.